The van der Waals surface area contributed by atoms with Crippen LogP contribution in [0.5, 0.6) is 5.75 Å². The van der Waals surface area contributed by atoms with Crippen molar-refractivity contribution in [3.05, 3.63) is 63.2 Å². The summed E-state index contributed by atoms with van der Waals surface area (Å²) in [7, 11) is 0. The molecule has 1 aliphatic rings. The number of para-hydroxylation sites is 1. The maximum atomic E-state index is 12.5. The number of fused-ring (bicyclic) bond motifs is 1. The number of aryl methyl sites for hydroxylation is 1. The number of hydrogen-bond donors (Lipinski definition) is 1. The molecule has 0 spiro atoms. The lowest BCUT2D eigenvalue weighted by atomic mass is 10.0. The number of rotatable bonds is 2. The Labute approximate surface area is 124 Å². The maximum absolute atomic E-state index is 12.5. The van der Waals surface area contributed by atoms with Crippen molar-refractivity contribution in [3.8, 4) is 5.75 Å². The predicted molar refractivity (Wildman–Crippen MR) is 77.1 cm³/mol. The number of carbonyl (C=O) groups excluding carboxylic acids is 2. The predicted octanol–water partition coefficient (Wildman–Crippen LogP) is 2.41. The summed E-state index contributed by atoms with van der Waals surface area (Å²) >= 11 is 0. The molecule has 110 valence electrons. The van der Waals surface area contributed by atoms with Gasteiger partial charge in [0.1, 0.15) is 5.75 Å². The average molecular weight is 298 g/mol. The first kappa shape index (κ1) is 13.7. The molecular formula is C15H10N2O5. The number of hydrogen-bond acceptors (Lipinski definition) is 5. The van der Waals surface area contributed by atoms with Crippen LogP contribution in [-0.4, -0.2) is 21.8 Å². The minimum atomic E-state index is -0.745. The molecular weight excluding hydrogens is 288 g/mol. The molecule has 0 fully saturated rings. The van der Waals surface area contributed by atoms with Crippen molar-refractivity contribution < 1.29 is 19.6 Å². The molecule has 0 saturated heterocycles. The van der Waals surface area contributed by atoms with Crippen LogP contribution in [0.25, 0.3) is 0 Å². The Bertz CT molecular complexity index is 844. The molecule has 0 radical (unpaired) electrons. The van der Waals surface area contributed by atoms with Crippen molar-refractivity contribution in [2.45, 2.75) is 6.92 Å². The van der Waals surface area contributed by atoms with Gasteiger partial charge in [0, 0.05) is 6.07 Å². The number of anilines is 1. The van der Waals surface area contributed by atoms with Crippen LogP contribution >= 0.6 is 0 Å². The summed E-state index contributed by atoms with van der Waals surface area (Å²) in [5.41, 5.74) is 0.0503. The smallest absolute Gasteiger partial charge is 0.297 e. The van der Waals surface area contributed by atoms with E-state index in [0.717, 1.165) is 6.07 Å². The van der Waals surface area contributed by atoms with E-state index in [1.807, 2.05) is 0 Å². The third kappa shape index (κ3) is 1.76. The molecule has 0 saturated carbocycles. The van der Waals surface area contributed by atoms with Crippen molar-refractivity contribution in [2.75, 3.05) is 4.90 Å². The van der Waals surface area contributed by atoms with Crippen molar-refractivity contribution in [3.63, 3.8) is 0 Å². The number of amides is 2. The van der Waals surface area contributed by atoms with E-state index >= 15 is 0 Å². The Morgan fingerprint density at radius 3 is 2.41 bits per heavy atom. The fourth-order valence-corrected chi connectivity index (χ4v) is 2.55. The maximum Gasteiger partial charge on any atom is 0.297 e. The van der Waals surface area contributed by atoms with E-state index in [4.69, 9.17) is 0 Å². The van der Waals surface area contributed by atoms with Gasteiger partial charge in [0.05, 0.1) is 16.1 Å². The summed E-state index contributed by atoms with van der Waals surface area (Å²) in [5, 5.41) is 21.1. The number of phenolic OH excluding ortho intramolecular Hbond substituents is 1. The summed E-state index contributed by atoms with van der Waals surface area (Å²) in [6.45, 7) is 1.67. The first-order valence-electron chi connectivity index (χ1n) is 6.38. The van der Waals surface area contributed by atoms with E-state index in [1.54, 1.807) is 19.1 Å². The molecule has 7 heteroatoms. The van der Waals surface area contributed by atoms with Crippen LogP contribution in [0.3, 0.4) is 0 Å². The zero-order chi connectivity index (χ0) is 16.0. The van der Waals surface area contributed by atoms with Gasteiger partial charge in [0.2, 0.25) is 0 Å². The van der Waals surface area contributed by atoms with E-state index < -0.39 is 33.9 Å². The summed E-state index contributed by atoms with van der Waals surface area (Å²) in [5.74, 6) is -1.86. The Balaban J connectivity index is 2.25. The fourth-order valence-electron chi connectivity index (χ4n) is 2.55. The molecule has 2 aromatic carbocycles. The number of nitrogens with zero attached hydrogens (tertiary/aromatic N) is 2. The molecule has 0 atom stereocenters. The molecule has 0 unspecified atom stereocenters. The number of nitro groups is 1. The van der Waals surface area contributed by atoms with Gasteiger partial charge in [-0.25, -0.2) is 4.90 Å². The van der Waals surface area contributed by atoms with Crippen LogP contribution in [0.1, 0.15) is 26.3 Å². The van der Waals surface area contributed by atoms with Gasteiger partial charge >= 0.3 is 0 Å². The number of carbonyl (C=O) groups is 2. The minimum Gasteiger partial charge on any atom is -0.505 e. The third-order valence-corrected chi connectivity index (χ3v) is 3.54. The van der Waals surface area contributed by atoms with Gasteiger partial charge < -0.3 is 5.11 Å². The van der Waals surface area contributed by atoms with Gasteiger partial charge in [-0.1, -0.05) is 18.2 Å². The molecule has 0 aromatic heterocycles. The van der Waals surface area contributed by atoms with Crippen molar-refractivity contribution in [1.29, 1.82) is 0 Å². The zero-order valence-electron chi connectivity index (χ0n) is 11.4. The van der Waals surface area contributed by atoms with Crippen molar-refractivity contribution >= 4 is 23.2 Å². The Kier molecular flexibility index (Phi) is 2.91. The molecule has 1 aliphatic heterocycles. The third-order valence-electron chi connectivity index (χ3n) is 3.54. The van der Waals surface area contributed by atoms with Crippen LogP contribution in [-0.2, 0) is 0 Å². The highest BCUT2D eigenvalue weighted by Gasteiger charge is 2.42. The van der Waals surface area contributed by atoms with Gasteiger partial charge in [-0.2, -0.15) is 0 Å². The molecule has 1 N–H and O–H groups in total. The van der Waals surface area contributed by atoms with Gasteiger partial charge in [-0.3, -0.25) is 19.7 Å². The fraction of sp³-hybridized carbons (Fsp3) is 0.0667. The lowest BCUT2D eigenvalue weighted by molar-refractivity contribution is -0.384. The molecule has 22 heavy (non-hydrogen) atoms. The second-order valence-electron chi connectivity index (χ2n) is 4.85. The van der Waals surface area contributed by atoms with Crippen LogP contribution in [0, 0.1) is 17.0 Å². The molecule has 7 nitrogen and oxygen atoms in total. The standard InChI is InChI=1S/C15H10N2O5/c1-8-4-2-5-9-12(8)15(20)16(14(9)19)13-10(17(21)22)6-3-7-11(13)18/h2-7,18H,1H3. The first-order chi connectivity index (χ1) is 10.4. The molecule has 3 rings (SSSR count). The van der Waals surface area contributed by atoms with Gasteiger partial charge in [0.15, 0.2) is 5.69 Å². The molecule has 2 amide bonds. The van der Waals surface area contributed by atoms with E-state index in [2.05, 4.69) is 0 Å². The first-order valence-corrected chi connectivity index (χ1v) is 6.38. The van der Waals surface area contributed by atoms with Gasteiger partial charge in [0.25, 0.3) is 17.5 Å². The van der Waals surface area contributed by atoms with Gasteiger partial charge in [-0.15, -0.1) is 0 Å². The highest BCUT2D eigenvalue weighted by atomic mass is 16.6. The summed E-state index contributed by atoms with van der Waals surface area (Å²) in [6.07, 6.45) is 0. The lowest BCUT2D eigenvalue weighted by Gasteiger charge is -2.15. The Hall–Kier alpha value is -3.22. The van der Waals surface area contributed by atoms with Crippen molar-refractivity contribution in [1.82, 2.24) is 0 Å². The largest absolute Gasteiger partial charge is 0.505 e. The highest BCUT2D eigenvalue weighted by molar-refractivity contribution is 6.35. The average Bonchev–Trinajstić information content (AvgIpc) is 2.72. The summed E-state index contributed by atoms with van der Waals surface area (Å²) in [4.78, 5) is 36.0. The molecule has 1 heterocycles. The van der Waals surface area contributed by atoms with Crippen LogP contribution in [0.2, 0.25) is 0 Å². The monoisotopic (exact) mass is 298 g/mol. The number of benzene rings is 2. The normalized spacial score (nSPS) is 13.4. The molecule has 0 aliphatic carbocycles. The highest BCUT2D eigenvalue weighted by Crippen LogP contribution is 2.41. The van der Waals surface area contributed by atoms with Crippen LogP contribution in [0.4, 0.5) is 11.4 Å². The lowest BCUT2D eigenvalue weighted by Crippen LogP contribution is -2.30. The second kappa shape index (κ2) is 4.66. The van der Waals surface area contributed by atoms with E-state index in [1.165, 1.54) is 18.2 Å². The number of aromatic hydroxyl groups is 1. The summed E-state index contributed by atoms with van der Waals surface area (Å²) in [6, 6.07) is 8.38. The molecule has 0 bridgehead atoms. The Morgan fingerprint density at radius 1 is 1.09 bits per heavy atom. The van der Waals surface area contributed by atoms with Crippen LogP contribution < -0.4 is 4.90 Å². The van der Waals surface area contributed by atoms with Crippen LogP contribution in [0.15, 0.2) is 36.4 Å². The van der Waals surface area contributed by atoms with Crippen molar-refractivity contribution in [2.24, 2.45) is 0 Å². The number of nitro benzene ring substituents is 1. The quantitative estimate of drug-likeness (QED) is 0.521. The van der Waals surface area contributed by atoms with E-state index in [9.17, 15) is 24.8 Å². The zero-order valence-corrected chi connectivity index (χ0v) is 11.4. The SMILES string of the molecule is Cc1cccc2c1C(=O)N(c1c(O)cccc1[N+](=O)[O-])C2=O. The Morgan fingerprint density at radius 2 is 1.77 bits per heavy atom. The van der Waals surface area contributed by atoms with Gasteiger partial charge in [-0.05, 0) is 24.6 Å². The second-order valence-corrected chi connectivity index (χ2v) is 4.85. The van der Waals surface area contributed by atoms with E-state index in [-0.39, 0.29) is 11.1 Å². The topological polar surface area (TPSA) is 101 Å². The summed E-state index contributed by atoms with van der Waals surface area (Å²) < 4.78 is 0. The van der Waals surface area contributed by atoms with E-state index in [0.29, 0.717) is 10.5 Å². The number of phenols is 1. The molecule has 2 aromatic rings. The number of imide groups is 1. The minimum absolute atomic E-state index is 0.169.